The van der Waals surface area contributed by atoms with Gasteiger partial charge < -0.3 is 19.3 Å². The number of anilines is 1. The van der Waals surface area contributed by atoms with Crippen LogP contribution >= 0.6 is 0 Å². The largest absolute Gasteiger partial charge is 0.360 e. The second-order valence-corrected chi connectivity index (χ2v) is 12.1. The fourth-order valence-electron chi connectivity index (χ4n) is 6.39. The molecule has 0 atom stereocenters. The minimum Gasteiger partial charge on any atom is -0.360 e. The molecular formula is C34H37N7O2. The summed E-state index contributed by atoms with van der Waals surface area (Å²) in [4.78, 5) is 29.7. The Labute approximate surface area is 251 Å². The third kappa shape index (κ3) is 5.51. The van der Waals surface area contributed by atoms with Crippen molar-refractivity contribution in [1.82, 2.24) is 24.6 Å². The molecule has 9 heteroatoms. The van der Waals surface area contributed by atoms with Gasteiger partial charge in [0.25, 0.3) is 0 Å². The molecule has 2 aromatic heterocycles. The summed E-state index contributed by atoms with van der Waals surface area (Å²) in [6, 6.07) is 18.8. The van der Waals surface area contributed by atoms with Crippen LogP contribution in [0.5, 0.6) is 0 Å². The number of likely N-dealkylation sites (tertiary alicyclic amines) is 1. The molecule has 0 spiro atoms. The number of carbonyl (C=O) groups excluding carboxylic acids is 1. The first-order chi connectivity index (χ1) is 20.9. The van der Waals surface area contributed by atoms with Crippen molar-refractivity contribution < 1.29 is 9.32 Å². The molecule has 0 bridgehead atoms. The van der Waals surface area contributed by atoms with Gasteiger partial charge in [-0.3, -0.25) is 9.79 Å². The molecule has 4 heterocycles. The zero-order valence-electron chi connectivity index (χ0n) is 25.0. The number of rotatable bonds is 6. The highest BCUT2D eigenvalue weighted by Crippen LogP contribution is 2.29. The molecule has 7 rings (SSSR count). The van der Waals surface area contributed by atoms with Crippen molar-refractivity contribution in [3.05, 3.63) is 71.9 Å². The van der Waals surface area contributed by atoms with Gasteiger partial charge in [-0.1, -0.05) is 43.3 Å². The van der Waals surface area contributed by atoms with Gasteiger partial charge in [-0.15, -0.1) is 0 Å². The number of carbonyl (C=O) groups is 1. The molecule has 0 aliphatic carbocycles. The summed E-state index contributed by atoms with van der Waals surface area (Å²) >= 11 is 0. The number of aliphatic imine (C=N–C) groups is 1. The van der Waals surface area contributed by atoms with E-state index >= 15 is 0 Å². The molecule has 1 saturated heterocycles. The quantitative estimate of drug-likeness (QED) is 0.246. The van der Waals surface area contributed by atoms with Crippen molar-refractivity contribution >= 4 is 39.2 Å². The number of aryl methyl sites for hydroxylation is 1. The number of nitrogens with one attached hydrogen (secondary N) is 1. The lowest BCUT2D eigenvalue weighted by molar-refractivity contribution is -0.121. The molecular weight excluding hydrogens is 538 g/mol. The van der Waals surface area contributed by atoms with Gasteiger partial charge in [0.1, 0.15) is 5.82 Å². The van der Waals surface area contributed by atoms with Crippen LogP contribution in [-0.2, 0) is 11.3 Å². The van der Waals surface area contributed by atoms with Crippen LogP contribution in [0.4, 0.5) is 5.69 Å². The van der Waals surface area contributed by atoms with Gasteiger partial charge in [0, 0.05) is 62.6 Å². The third-order valence-electron chi connectivity index (χ3n) is 8.68. The Kier molecular flexibility index (Phi) is 7.16. The average molecular weight is 576 g/mol. The standard InChI is InChI=1S/C34H37N7O2/c1-21(2)33-38-29-11-10-28(37-34(42)25-12-15-40(16-13-25)31-5-4-14-35-31)19-30(29)41(33)20-23-6-7-24-8-9-26(18-27(24)17-23)32-36-22(3)43-39-32/h6-11,17-19,21,25H,4-5,12-16,20H2,1-3H3,(H,37,42). The maximum absolute atomic E-state index is 13.3. The Morgan fingerprint density at radius 1 is 1.02 bits per heavy atom. The molecule has 1 fully saturated rings. The van der Waals surface area contributed by atoms with Crippen LogP contribution in [0.15, 0.2) is 64.1 Å². The predicted molar refractivity (Wildman–Crippen MR) is 169 cm³/mol. The molecule has 5 aromatic rings. The Morgan fingerprint density at radius 2 is 1.86 bits per heavy atom. The number of amides is 1. The maximum atomic E-state index is 13.3. The predicted octanol–water partition coefficient (Wildman–Crippen LogP) is 6.56. The Hall–Kier alpha value is -4.53. The summed E-state index contributed by atoms with van der Waals surface area (Å²) in [5.41, 5.74) is 4.86. The number of benzene rings is 3. The van der Waals surface area contributed by atoms with Crippen LogP contribution in [-0.4, -0.2) is 56.0 Å². The van der Waals surface area contributed by atoms with E-state index < -0.39 is 0 Å². The van der Waals surface area contributed by atoms with E-state index in [-0.39, 0.29) is 17.7 Å². The zero-order chi connectivity index (χ0) is 29.5. The molecule has 3 aromatic carbocycles. The molecule has 0 unspecified atom stereocenters. The zero-order valence-corrected chi connectivity index (χ0v) is 25.0. The van der Waals surface area contributed by atoms with Crippen LogP contribution < -0.4 is 5.32 Å². The molecule has 1 N–H and O–H groups in total. The second kappa shape index (κ2) is 11.3. The lowest BCUT2D eigenvalue weighted by Crippen LogP contribution is -2.40. The summed E-state index contributed by atoms with van der Waals surface area (Å²) in [6.07, 6.45) is 3.94. The van der Waals surface area contributed by atoms with E-state index in [1.165, 1.54) is 11.4 Å². The number of hydrogen-bond acceptors (Lipinski definition) is 7. The fourth-order valence-corrected chi connectivity index (χ4v) is 6.39. The second-order valence-electron chi connectivity index (χ2n) is 12.1. The lowest BCUT2D eigenvalue weighted by atomic mass is 9.95. The van der Waals surface area contributed by atoms with Crippen LogP contribution in [0, 0.1) is 12.8 Å². The average Bonchev–Trinajstić information content (AvgIpc) is 3.78. The van der Waals surface area contributed by atoms with Gasteiger partial charge in [0.05, 0.1) is 16.9 Å². The van der Waals surface area contributed by atoms with Gasteiger partial charge in [0.2, 0.25) is 17.6 Å². The Bertz CT molecular complexity index is 1840. The van der Waals surface area contributed by atoms with E-state index in [0.29, 0.717) is 18.3 Å². The van der Waals surface area contributed by atoms with E-state index in [1.807, 2.05) is 18.2 Å². The summed E-state index contributed by atoms with van der Waals surface area (Å²) in [5.74, 6) is 3.76. The number of piperidine rings is 1. The summed E-state index contributed by atoms with van der Waals surface area (Å²) in [6.45, 7) is 9.56. The SMILES string of the molecule is Cc1nc(-c2ccc3ccc(Cn4c(C(C)C)nc5ccc(NC(=O)C6CCN(C7=NCCC7)CC6)cc54)cc3c2)no1. The van der Waals surface area contributed by atoms with Crippen molar-refractivity contribution in [2.75, 3.05) is 25.0 Å². The number of aromatic nitrogens is 4. The first-order valence-corrected chi connectivity index (χ1v) is 15.3. The van der Waals surface area contributed by atoms with Crippen molar-refractivity contribution in [1.29, 1.82) is 0 Å². The van der Waals surface area contributed by atoms with E-state index in [2.05, 4.69) is 80.2 Å². The lowest BCUT2D eigenvalue weighted by Gasteiger charge is -2.32. The van der Waals surface area contributed by atoms with E-state index in [1.54, 1.807) is 6.92 Å². The van der Waals surface area contributed by atoms with Gasteiger partial charge in [-0.2, -0.15) is 4.98 Å². The first kappa shape index (κ1) is 27.3. The molecule has 43 heavy (non-hydrogen) atoms. The third-order valence-corrected chi connectivity index (χ3v) is 8.68. The van der Waals surface area contributed by atoms with Gasteiger partial charge in [-0.05, 0) is 65.9 Å². The summed E-state index contributed by atoms with van der Waals surface area (Å²) in [5, 5.41) is 9.57. The molecule has 0 radical (unpaired) electrons. The summed E-state index contributed by atoms with van der Waals surface area (Å²) in [7, 11) is 0. The van der Waals surface area contributed by atoms with Crippen molar-refractivity contribution in [3.8, 4) is 11.4 Å². The normalized spacial score (nSPS) is 16.0. The number of imidazole rings is 1. The number of hydrogen-bond donors (Lipinski definition) is 1. The highest BCUT2D eigenvalue weighted by Gasteiger charge is 2.27. The van der Waals surface area contributed by atoms with Crippen molar-refractivity contribution in [3.63, 3.8) is 0 Å². The van der Waals surface area contributed by atoms with Crippen LogP contribution in [0.1, 0.15) is 62.7 Å². The van der Waals surface area contributed by atoms with Crippen LogP contribution in [0.25, 0.3) is 33.2 Å². The molecule has 220 valence electrons. The highest BCUT2D eigenvalue weighted by atomic mass is 16.5. The van der Waals surface area contributed by atoms with Gasteiger partial charge in [0.15, 0.2) is 0 Å². The van der Waals surface area contributed by atoms with E-state index in [0.717, 1.165) is 84.2 Å². The molecule has 2 aliphatic heterocycles. The minimum absolute atomic E-state index is 0.0175. The van der Waals surface area contributed by atoms with Crippen LogP contribution in [0.2, 0.25) is 0 Å². The smallest absolute Gasteiger partial charge is 0.227 e. The minimum atomic E-state index is 0.0175. The monoisotopic (exact) mass is 575 g/mol. The van der Waals surface area contributed by atoms with E-state index in [4.69, 9.17) is 9.51 Å². The fraction of sp³-hybridized carbons (Fsp3) is 0.382. The van der Waals surface area contributed by atoms with Crippen LogP contribution in [0.3, 0.4) is 0 Å². The topological polar surface area (TPSA) is 101 Å². The first-order valence-electron chi connectivity index (χ1n) is 15.3. The Morgan fingerprint density at radius 3 is 2.60 bits per heavy atom. The number of nitrogens with zero attached hydrogens (tertiary/aromatic N) is 6. The summed E-state index contributed by atoms with van der Waals surface area (Å²) < 4.78 is 7.47. The number of amidine groups is 1. The molecule has 0 saturated carbocycles. The number of fused-ring (bicyclic) bond motifs is 2. The maximum Gasteiger partial charge on any atom is 0.227 e. The van der Waals surface area contributed by atoms with Gasteiger partial charge in [-0.25, -0.2) is 4.98 Å². The highest BCUT2D eigenvalue weighted by molar-refractivity contribution is 5.95. The molecule has 2 aliphatic rings. The van der Waals surface area contributed by atoms with E-state index in [9.17, 15) is 4.79 Å². The van der Waals surface area contributed by atoms with Crippen molar-refractivity contribution in [2.45, 2.75) is 58.9 Å². The van der Waals surface area contributed by atoms with Crippen molar-refractivity contribution in [2.24, 2.45) is 10.9 Å². The Balaban J connectivity index is 1.13. The van der Waals surface area contributed by atoms with Gasteiger partial charge >= 0.3 is 0 Å². The molecule has 9 nitrogen and oxygen atoms in total. The molecule has 1 amide bonds.